The lowest BCUT2D eigenvalue weighted by Gasteiger charge is -2.23. The molecule has 1 aliphatic rings. The van der Waals surface area contributed by atoms with E-state index in [-0.39, 0.29) is 24.4 Å². The molecule has 7 nitrogen and oxygen atoms in total. The Labute approximate surface area is 164 Å². The first-order chi connectivity index (χ1) is 13.4. The van der Waals surface area contributed by atoms with Crippen molar-refractivity contribution in [3.8, 4) is 5.75 Å². The summed E-state index contributed by atoms with van der Waals surface area (Å²) in [5.41, 5.74) is 1.67. The third kappa shape index (κ3) is 4.40. The molecule has 8 heteroatoms. The first-order valence-corrected chi connectivity index (χ1v) is 9.94. The second-order valence-electron chi connectivity index (χ2n) is 6.12. The van der Waals surface area contributed by atoms with Gasteiger partial charge in [0, 0.05) is 11.8 Å². The number of methoxy groups -OCH3 is 1. The molecule has 2 aromatic rings. The van der Waals surface area contributed by atoms with E-state index < -0.39 is 16.2 Å². The maximum absolute atomic E-state index is 12.6. The topological polar surface area (TPSA) is 85.3 Å². The van der Waals surface area contributed by atoms with Crippen LogP contribution in [0.25, 0.3) is 0 Å². The minimum absolute atomic E-state index is 0.00109. The first kappa shape index (κ1) is 19.6. The van der Waals surface area contributed by atoms with Gasteiger partial charge in [0.25, 0.3) is 0 Å². The Bertz CT molecular complexity index is 1030. The van der Waals surface area contributed by atoms with Crippen LogP contribution in [0.5, 0.6) is 5.75 Å². The van der Waals surface area contributed by atoms with Crippen LogP contribution >= 0.6 is 0 Å². The van der Waals surface area contributed by atoms with Crippen LogP contribution in [0.1, 0.15) is 18.1 Å². The van der Waals surface area contributed by atoms with Gasteiger partial charge in [-0.05, 0) is 18.6 Å². The molecule has 1 heterocycles. The molecule has 0 aliphatic carbocycles. The molecule has 0 saturated carbocycles. The van der Waals surface area contributed by atoms with E-state index in [9.17, 15) is 13.2 Å². The van der Waals surface area contributed by atoms with Crippen molar-refractivity contribution in [2.45, 2.75) is 20.1 Å². The molecule has 0 saturated heterocycles. The highest BCUT2D eigenvalue weighted by Gasteiger charge is 2.29. The summed E-state index contributed by atoms with van der Waals surface area (Å²) in [6.45, 7) is 1.54. The van der Waals surface area contributed by atoms with Gasteiger partial charge in [-0.3, -0.25) is 4.31 Å². The molecule has 0 bridgehead atoms. The van der Waals surface area contributed by atoms with E-state index in [1.165, 1.54) is 20.2 Å². The summed E-state index contributed by atoms with van der Waals surface area (Å²) >= 11 is 0. The van der Waals surface area contributed by atoms with Crippen molar-refractivity contribution < 1.29 is 22.7 Å². The molecule has 146 valence electrons. The highest BCUT2D eigenvalue weighted by molar-refractivity contribution is 7.88. The van der Waals surface area contributed by atoms with Crippen LogP contribution in [0.4, 0.5) is 0 Å². The zero-order valence-electron chi connectivity index (χ0n) is 15.5. The highest BCUT2D eigenvalue weighted by atomic mass is 32.2. The molecular formula is C20H20N2O5S. The number of hydrogen-bond acceptors (Lipinski definition) is 5. The standard InChI is InChI=1S/C20H20N2O5S/c1-15-18(20(23)27-14-17-10-6-7-11-19(17)26-2)13-22(28(24,25)21-15)12-16-8-4-3-5-9-16/h3-11,13H,12,14H2,1-2H3. The van der Waals surface area contributed by atoms with E-state index in [1.54, 1.807) is 24.3 Å². The maximum atomic E-state index is 12.6. The van der Waals surface area contributed by atoms with Gasteiger partial charge < -0.3 is 9.47 Å². The van der Waals surface area contributed by atoms with Crippen molar-refractivity contribution in [3.63, 3.8) is 0 Å². The van der Waals surface area contributed by atoms with Gasteiger partial charge in [0.05, 0.1) is 24.9 Å². The molecule has 0 unspecified atom stereocenters. The maximum Gasteiger partial charge on any atom is 0.344 e. The van der Waals surface area contributed by atoms with Crippen LogP contribution in [0.3, 0.4) is 0 Å². The van der Waals surface area contributed by atoms with Crippen molar-refractivity contribution in [2.75, 3.05) is 7.11 Å². The molecule has 0 spiro atoms. The van der Waals surface area contributed by atoms with Crippen LogP contribution in [-0.4, -0.2) is 31.5 Å². The minimum Gasteiger partial charge on any atom is -0.496 e. The third-order valence-electron chi connectivity index (χ3n) is 4.16. The number of nitrogens with zero attached hydrogens (tertiary/aromatic N) is 2. The fourth-order valence-corrected chi connectivity index (χ4v) is 3.81. The Morgan fingerprint density at radius 3 is 2.46 bits per heavy atom. The molecule has 28 heavy (non-hydrogen) atoms. The minimum atomic E-state index is -3.90. The number of ether oxygens (including phenoxy) is 2. The number of carbonyl (C=O) groups excluding carboxylic acids is 1. The summed E-state index contributed by atoms with van der Waals surface area (Å²) in [6, 6.07) is 16.2. The molecule has 0 atom stereocenters. The Hall–Kier alpha value is -3.13. The SMILES string of the molecule is COc1ccccc1COC(=O)C1=CN(Cc2ccccc2)S(=O)(=O)N=C1C. The van der Waals surface area contributed by atoms with Crippen molar-refractivity contribution >= 4 is 21.9 Å². The highest BCUT2D eigenvalue weighted by Crippen LogP contribution is 2.22. The number of para-hydroxylation sites is 1. The molecule has 3 rings (SSSR count). The molecular weight excluding hydrogens is 380 g/mol. The summed E-state index contributed by atoms with van der Waals surface area (Å²) in [5, 5.41) is 0. The summed E-state index contributed by atoms with van der Waals surface area (Å²) in [4.78, 5) is 12.6. The second-order valence-corrected chi connectivity index (χ2v) is 7.66. The normalized spacial score (nSPS) is 15.4. The predicted octanol–water partition coefficient (Wildman–Crippen LogP) is 2.84. The largest absolute Gasteiger partial charge is 0.496 e. The van der Waals surface area contributed by atoms with Crippen molar-refractivity contribution in [2.24, 2.45) is 4.40 Å². The van der Waals surface area contributed by atoms with Gasteiger partial charge in [-0.2, -0.15) is 8.42 Å². The smallest absolute Gasteiger partial charge is 0.344 e. The lowest BCUT2D eigenvalue weighted by Crippen LogP contribution is -2.31. The van der Waals surface area contributed by atoms with Gasteiger partial charge in [-0.25, -0.2) is 4.79 Å². The van der Waals surface area contributed by atoms with Gasteiger partial charge in [-0.15, -0.1) is 4.40 Å². The van der Waals surface area contributed by atoms with Gasteiger partial charge in [0.2, 0.25) is 0 Å². The zero-order valence-corrected chi connectivity index (χ0v) is 16.3. The summed E-state index contributed by atoms with van der Waals surface area (Å²) in [6.07, 6.45) is 1.27. The lowest BCUT2D eigenvalue weighted by molar-refractivity contribution is -0.139. The molecule has 0 fully saturated rings. The van der Waals surface area contributed by atoms with Gasteiger partial charge in [-0.1, -0.05) is 48.5 Å². The molecule has 0 amide bonds. The lowest BCUT2D eigenvalue weighted by atomic mass is 10.2. The molecule has 0 radical (unpaired) electrons. The van der Waals surface area contributed by atoms with Crippen molar-refractivity contribution in [1.29, 1.82) is 0 Å². The molecule has 1 aliphatic heterocycles. The number of carbonyl (C=O) groups is 1. The Morgan fingerprint density at radius 1 is 1.07 bits per heavy atom. The fourth-order valence-electron chi connectivity index (χ4n) is 2.71. The average molecular weight is 400 g/mol. The molecule has 2 aromatic carbocycles. The molecule has 0 N–H and O–H groups in total. The van der Waals surface area contributed by atoms with Gasteiger partial charge in [0.1, 0.15) is 12.4 Å². The van der Waals surface area contributed by atoms with Crippen LogP contribution in [-0.2, 0) is 32.9 Å². The zero-order chi connectivity index (χ0) is 20.1. The van der Waals surface area contributed by atoms with E-state index in [4.69, 9.17) is 9.47 Å². The third-order valence-corrected chi connectivity index (χ3v) is 5.50. The molecule has 0 aromatic heterocycles. The number of rotatable bonds is 6. The second kappa shape index (κ2) is 8.26. The van der Waals surface area contributed by atoms with Crippen molar-refractivity contribution in [1.82, 2.24) is 4.31 Å². The van der Waals surface area contributed by atoms with E-state index in [0.717, 1.165) is 9.87 Å². The number of benzene rings is 2. The monoisotopic (exact) mass is 400 g/mol. The Morgan fingerprint density at radius 2 is 1.75 bits per heavy atom. The average Bonchev–Trinajstić information content (AvgIpc) is 2.68. The van der Waals surface area contributed by atoms with E-state index in [1.807, 2.05) is 30.3 Å². The van der Waals surface area contributed by atoms with Gasteiger partial charge in [0.15, 0.2) is 0 Å². The predicted molar refractivity (Wildman–Crippen MR) is 105 cm³/mol. The first-order valence-electron chi connectivity index (χ1n) is 8.54. The number of esters is 1. The summed E-state index contributed by atoms with van der Waals surface area (Å²) in [5.74, 6) is -0.0493. The van der Waals surface area contributed by atoms with E-state index in [0.29, 0.717) is 11.3 Å². The summed E-state index contributed by atoms with van der Waals surface area (Å²) < 4.78 is 40.0. The fraction of sp³-hybridized carbons (Fsp3) is 0.200. The van der Waals surface area contributed by atoms with Crippen LogP contribution < -0.4 is 4.74 Å². The number of hydrogen-bond donors (Lipinski definition) is 0. The summed E-state index contributed by atoms with van der Waals surface area (Å²) in [7, 11) is -2.36. The van der Waals surface area contributed by atoms with Crippen molar-refractivity contribution in [3.05, 3.63) is 77.5 Å². The van der Waals surface area contributed by atoms with E-state index in [2.05, 4.69) is 4.40 Å². The Kier molecular flexibility index (Phi) is 5.79. The van der Waals surface area contributed by atoms with Gasteiger partial charge >= 0.3 is 16.2 Å². The van der Waals surface area contributed by atoms with Crippen LogP contribution in [0, 0.1) is 0 Å². The van der Waals surface area contributed by atoms with Crippen LogP contribution in [0.15, 0.2) is 70.8 Å². The van der Waals surface area contributed by atoms with E-state index >= 15 is 0 Å². The van der Waals surface area contributed by atoms with Crippen LogP contribution in [0.2, 0.25) is 0 Å². The quantitative estimate of drug-likeness (QED) is 0.696. The Balaban J connectivity index is 1.79.